The first-order valence-electron chi connectivity index (χ1n) is 17.1. The van der Waals surface area contributed by atoms with Crippen molar-refractivity contribution in [3.63, 3.8) is 0 Å². The van der Waals surface area contributed by atoms with Crippen LogP contribution in [0.15, 0.2) is 146 Å². The van der Waals surface area contributed by atoms with Crippen LogP contribution in [0.2, 0.25) is 0 Å². The molecule has 1 aliphatic heterocycles. The van der Waals surface area contributed by atoms with Gasteiger partial charge in [0.05, 0.1) is 18.8 Å². The molecular weight excluding hydrogens is 624 g/mol. The summed E-state index contributed by atoms with van der Waals surface area (Å²) in [5.41, 5.74) is 8.37. The zero-order chi connectivity index (χ0) is 34.5. The molecule has 1 heterocycles. The van der Waals surface area contributed by atoms with Crippen molar-refractivity contribution >= 4 is 6.09 Å². The highest BCUT2D eigenvalue weighted by molar-refractivity contribution is 5.70. The molecule has 0 aliphatic carbocycles. The average molecular weight is 669 g/mol. The molecule has 5 aromatic carbocycles. The van der Waals surface area contributed by atoms with E-state index in [1.165, 1.54) is 17.2 Å². The summed E-state index contributed by atoms with van der Waals surface area (Å²) in [7, 11) is 0. The van der Waals surface area contributed by atoms with E-state index in [2.05, 4.69) is 89.6 Å². The van der Waals surface area contributed by atoms with Crippen LogP contribution in [-0.2, 0) is 40.5 Å². The van der Waals surface area contributed by atoms with Gasteiger partial charge in [0.25, 0.3) is 0 Å². The number of nitrogens with zero attached hydrogens (tertiary/aromatic N) is 1. The molecule has 6 rings (SSSR count). The van der Waals surface area contributed by atoms with Crippen LogP contribution in [0.5, 0.6) is 0 Å². The zero-order valence-electron chi connectivity index (χ0n) is 28.2. The second-order valence-corrected chi connectivity index (χ2v) is 12.5. The quantitative estimate of drug-likeness (QED) is 0.116. The van der Waals surface area contributed by atoms with E-state index in [1.54, 1.807) is 0 Å². The second kappa shape index (κ2) is 17.6. The lowest BCUT2D eigenvalue weighted by Crippen LogP contribution is -2.39. The molecule has 1 amide bonds. The van der Waals surface area contributed by atoms with Gasteiger partial charge in [0.1, 0.15) is 6.61 Å². The number of hydrogen-bond donors (Lipinski definition) is 2. The van der Waals surface area contributed by atoms with E-state index in [0.717, 1.165) is 53.0 Å². The number of nitrogens with one attached hydrogen (secondary N) is 1. The van der Waals surface area contributed by atoms with Gasteiger partial charge >= 0.3 is 6.09 Å². The summed E-state index contributed by atoms with van der Waals surface area (Å²) < 4.78 is 18.5. The molecule has 3 atom stereocenters. The van der Waals surface area contributed by atoms with Crippen molar-refractivity contribution in [2.75, 3.05) is 13.2 Å². The van der Waals surface area contributed by atoms with Crippen molar-refractivity contribution in [3.8, 4) is 11.1 Å². The number of benzene rings is 5. The summed E-state index contributed by atoms with van der Waals surface area (Å²) in [5, 5.41) is 12.5. The fourth-order valence-electron chi connectivity index (χ4n) is 6.32. The van der Waals surface area contributed by atoms with Gasteiger partial charge in [-0.1, -0.05) is 146 Å². The van der Waals surface area contributed by atoms with Crippen LogP contribution in [0.4, 0.5) is 4.79 Å². The van der Waals surface area contributed by atoms with Gasteiger partial charge in [-0.25, -0.2) is 4.79 Å². The molecule has 0 saturated carbocycles. The van der Waals surface area contributed by atoms with Crippen LogP contribution in [0.25, 0.3) is 11.1 Å². The maximum Gasteiger partial charge on any atom is 0.407 e. The first-order valence-corrected chi connectivity index (χ1v) is 17.1. The predicted octanol–water partition coefficient (Wildman–Crippen LogP) is 8.51. The van der Waals surface area contributed by atoms with E-state index < -0.39 is 12.4 Å². The summed E-state index contributed by atoms with van der Waals surface area (Å²) >= 11 is 0. The molecule has 256 valence electrons. The fourth-order valence-corrected chi connectivity index (χ4v) is 6.32. The Hall–Kier alpha value is -5.05. The van der Waals surface area contributed by atoms with Gasteiger partial charge in [0.15, 0.2) is 6.29 Å². The summed E-state index contributed by atoms with van der Waals surface area (Å²) in [5.74, 6) is 0. The highest BCUT2D eigenvalue weighted by Crippen LogP contribution is 2.39. The Kier molecular flexibility index (Phi) is 12.2. The van der Waals surface area contributed by atoms with Gasteiger partial charge in [0.2, 0.25) is 0 Å². The van der Waals surface area contributed by atoms with Gasteiger partial charge in [0, 0.05) is 38.2 Å². The van der Waals surface area contributed by atoms with Gasteiger partial charge in [-0.3, -0.25) is 4.90 Å². The highest BCUT2D eigenvalue weighted by atomic mass is 16.7. The topological polar surface area (TPSA) is 80.3 Å². The Labute approximate surface area is 294 Å². The molecule has 7 nitrogen and oxygen atoms in total. The van der Waals surface area contributed by atoms with E-state index in [-0.39, 0.29) is 25.4 Å². The van der Waals surface area contributed by atoms with Gasteiger partial charge in [-0.2, -0.15) is 0 Å². The lowest BCUT2D eigenvalue weighted by Gasteiger charge is -2.38. The number of rotatable bonds is 14. The van der Waals surface area contributed by atoms with Crippen LogP contribution in [-0.4, -0.2) is 35.4 Å². The molecule has 3 unspecified atom stereocenters. The maximum atomic E-state index is 12.1. The molecule has 0 bridgehead atoms. The molecule has 0 radical (unpaired) electrons. The number of alkyl carbamates (subject to hydrolysis) is 1. The van der Waals surface area contributed by atoms with Crippen LogP contribution < -0.4 is 5.32 Å². The van der Waals surface area contributed by atoms with E-state index in [9.17, 15) is 9.90 Å². The Morgan fingerprint density at radius 2 is 1.40 bits per heavy atom. The largest absolute Gasteiger partial charge is 0.445 e. The van der Waals surface area contributed by atoms with Crippen molar-refractivity contribution in [1.82, 2.24) is 10.2 Å². The standard InChI is InChI=1S/C43H44N2O5/c1-2-25-48-43(47)44-27-38-15-9-10-16-40(38)35-21-23-37(24-22-35)42-49-39(26-41(50-42)36-19-17-34(31-46)18-20-36)30-45(28-32-11-5-3-6-12-32)29-33-13-7-4-8-14-33/h2-24,39,41-42,46H,1,25-31H2,(H,44,47). The van der Waals surface area contributed by atoms with E-state index in [4.69, 9.17) is 14.2 Å². The molecule has 1 fully saturated rings. The number of ether oxygens (including phenoxy) is 3. The SMILES string of the molecule is C=CCOC(=O)NCc1ccccc1-c1ccc(C2OC(CN(Cc3ccccc3)Cc3ccccc3)CC(c3ccc(CO)cc3)O2)cc1. The Morgan fingerprint density at radius 1 is 0.780 bits per heavy atom. The number of carbonyl (C=O) groups excluding carboxylic acids is 1. The lowest BCUT2D eigenvalue weighted by atomic mass is 9.97. The van der Waals surface area contributed by atoms with Crippen molar-refractivity contribution < 1.29 is 24.1 Å². The summed E-state index contributed by atoms with van der Waals surface area (Å²) in [6.45, 7) is 6.40. The lowest BCUT2D eigenvalue weighted by molar-refractivity contribution is -0.253. The van der Waals surface area contributed by atoms with Gasteiger partial charge < -0.3 is 24.6 Å². The monoisotopic (exact) mass is 668 g/mol. The first kappa shape index (κ1) is 34.8. The fraction of sp³-hybridized carbons (Fsp3) is 0.233. The van der Waals surface area contributed by atoms with Crippen LogP contribution in [0.3, 0.4) is 0 Å². The minimum absolute atomic E-state index is 0.000959. The maximum absolute atomic E-state index is 12.1. The third-order valence-corrected chi connectivity index (χ3v) is 8.84. The minimum atomic E-state index is -0.572. The molecule has 2 N–H and O–H groups in total. The van der Waals surface area contributed by atoms with E-state index in [0.29, 0.717) is 13.0 Å². The Morgan fingerprint density at radius 3 is 2.04 bits per heavy atom. The molecule has 1 saturated heterocycles. The summed E-state index contributed by atoms with van der Waals surface area (Å²) in [4.78, 5) is 14.5. The summed E-state index contributed by atoms with van der Waals surface area (Å²) in [6, 6.07) is 45.4. The smallest absolute Gasteiger partial charge is 0.407 e. The van der Waals surface area contributed by atoms with Crippen molar-refractivity contribution in [2.24, 2.45) is 0 Å². The molecule has 5 aromatic rings. The van der Waals surface area contributed by atoms with E-state index >= 15 is 0 Å². The zero-order valence-corrected chi connectivity index (χ0v) is 28.2. The van der Waals surface area contributed by atoms with Gasteiger partial charge in [-0.15, -0.1) is 0 Å². The molecule has 0 spiro atoms. The average Bonchev–Trinajstić information content (AvgIpc) is 3.17. The van der Waals surface area contributed by atoms with Crippen molar-refractivity contribution in [3.05, 3.63) is 179 Å². The van der Waals surface area contributed by atoms with Gasteiger partial charge in [-0.05, 0) is 38.9 Å². The number of hydrogen-bond acceptors (Lipinski definition) is 6. The third-order valence-electron chi connectivity index (χ3n) is 8.84. The number of aliphatic hydroxyl groups excluding tert-OH is 1. The van der Waals surface area contributed by atoms with Crippen LogP contribution in [0, 0.1) is 0 Å². The highest BCUT2D eigenvalue weighted by Gasteiger charge is 2.33. The molecule has 50 heavy (non-hydrogen) atoms. The Bertz CT molecular complexity index is 1750. The molecule has 1 aliphatic rings. The molecule has 7 heteroatoms. The first-order chi connectivity index (χ1) is 24.6. The minimum Gasteiger partial charge on any atom is -0.445 e. The van der Waals surface area contributed by atoms with Crippen LogP contribution in [0.1, 0.15) is 52.2 Å². The number of aliphatic hydroxyl groups is 1. The summed E-state index contributed by atoms with van der Waals surface area (Å²) in [6.07, 6.45) is 0.894. The van der Waals surface area contributed by atoms with Crippen LogP contribution >= 0.6 is 0 Å². The predicted molar refractivity (Wildman–Crippen MR) is 196 cm³/mol. The van der Waals surface area contributed by atoms with E-state index in [1.807, 2.05) is 60.7 Å². The Balaban J connectivity index is 1.23. The molecular formula is C43H44N2O5. The van der Waals surface area contributed by atoms with Crippen molar-refractivity contribution in [2.45, 2.75) is 51.2 Å². The normalized spacial score (nSPS) is 17.3. The molecule has 0 aromatic heterocycles. The second-order valence-electron chi connectivity index (χ2n) is 12.5. The third kappa shape index (κ3) is 9.55. The number of carbonyl (C=O) groups is 1. The van der Waals surface area contributed by atoms with Crippen molar-refractivity contribution in [1.29, 1.82) is 0 Å². The number of amides is 1.